The fraction of sp³-hybridized carbons (Fsp3) is 0.357. The first-order valence-electron chi connectivity index (χ1n) is 6.80. The van der Waals surface area contributed by atoms with Gasteiger partial charge < -0.3 is 10.6 Å². The lowest BCUT2D eigenvalue weighted by atomic mass is 10.1. The van der Waals surface area contributed by atoms with E-state index in [-0.39, 0.29) is 12.1 Å². The Morgan fingerprint density at radius 1 is 1.24 bits per heavy atom. The van der Waals surface area contributed by atoms with E-state index in [0.29, 0.717) is 5.13 Å². The maximum absolute atomic E-state index is 11.9. The van der Waals surface area contributed by atoms with Gasteiger partial charge in [0.1, 0.15) is 5.01 Å². The Morgan fingerprint density at radius 3 is 2.52 bits per heavy atom. The van der Waals surface area contributed by atoms with Crippen molar-refractivity contribution in [2.24, 2.45) is 0 Å². The van der Waals surface area contributed by atoms with Crippen LogP contribution in [-0.4, -0.2) is 23.3 Å². The Labute approximate surface area is 128 Å². The summed E-state index contributed by atoms with van der Waals surface area (Å²) in [5.41, 5.74) is 1.90. The second-order valence-corrected chi connectivity index (χ2v) is 5.63. The number of benzene rings is 1. The minimum atomic E-state index is -0.316. The first-order chi connectivity index (χ1) is 10.1. The molecule has 2 amide bonds. The predicted molar refractivity (Wildman–Crippen MR) is 85.8 cm³/mol. The molecular weight excluding hydrogens is 286 g/mol. The number of nitrogens with zero attached hydrogens (tertiary/aromatic N) is 2. The zero-order valence-electron chi connectivity index (χ0n) is 12.3. The van der Waals surface area contributed by atoms with Crippen molar-refractivity contribution in [2.75, 3.05) is 17.7 Å². The topological polar surface area (TPSA) is 78.9 Å². The molecule has 2 rings (SSSR count). The lowest BCUT2D eigenvalue weighted by molar-refractivity contribution is 0.262. The number of urea groups is 1. The third-order valence-electron chi connectivity index (χ3n) is 3.09. The van der Waals surface area contributed by atoms with Crippen LogP contribution in [0.25, 0.3) is 0 Å². The molecule has 7 heteroatoms. The SMILES string of the molecule is CCc1nnc(NC(=O)Nc2ccc(C(C)NC)cc2)s1. The molecule has 0 aliphatic heterocycles. The van der Waals surface area contributed by atoms with Gasteiger partial charge in [0.15, 0.2) is 0 Å². The van der Waals surface area contributed by atoms with Crippen molar-refractivity contribution >= 4 is 28.2 Å². The Hall–Kier alpha value is -1.99. The van der Waals surface area contributed by atoms with E-state index in [0.717, 1.165) is 17.1 Å². The van der Waals surface area contributed by atoms with Crippen molar-refractivity contribution in [2.45, 2.75) is 26.3 Å². The number of carbonyl (C=O) groups is 1. The van der Waals surface area contributed by atoms with Crippen LogP contribution in [0, 0.1) is 0 Å². The van der Waals surface area contributed by atoms with Gasteiger partial charge in [-0.15, -0.1) is 10.2 Å². The summed E-state index contributed by atoms with van der Waals surface area (Å²) in [6.07, 6.45) is 0.812. The zero-order chi connectivity index (χ0) is 15.2. The van der Waals surface area contributed by atoms with E-state index in [1.165, 1.54) is 16.9 Å². The molecule has 6 nitrogen and oxygen atoms in total. The van der Waals surface area contributed by atoms with Crippen molar-refractivity contribution in [1.29, 1.82) is 0 Å². The van der Waals surface area contributed by atoms with Gasteiger partial charge in [-0.3, -0.25) is 5.32 Å². The summed E-state index contributed by atoms with van der Waals surface area (Å²) < 4.78 is 0. The normalized spacial score (nSPS) is 12.0. The number of carbonyl (C=O) groups excluding carboxylic acids is 1. The molecule has 3 N–H and O–H groups in total. The van der Waals surface area contributed by atoms with Gasteiger partial charge in [0.2, 0.25) is 5.13 Å². The number of hydrogen-bond donors (Lipinski definition) is 3. The largest absolute Gasteiger partial charge is 0.325 e. The molecule has 0 saturated carbocycles. The first-order valence-corrected chi connectivity index (χ1v) is 7.61. The predicted octanol–water partition coefficient (Wildman–Crippen LogP) is 3.02. The van der Waals surface area contributed by atoms with Crippen LogP contribution in [0.15, 0.2) is 24.3 Å². The molecule has 112 valence electrons. The van der Waals surface area contributed by atoms with E-state index in [9.17, 15) is 4.79 Å². The molecule has 1 unspecified atom stereocenters. The fourth-order valence-electron chi connectivity index (χ4n) is 1.73. The molecule has 0 saturated heterocycles. The van der Waals surface area contributed by atoms with Crippen LogP contribution in [0.5, 0.6) is 0 Å². The Bertz CT molecular complexity index is 596. The van der Waals surface area contributed by atoms with Crippen LogP contribution in [0.3, 0.4) is 0 Å². The van der Waals surface area contributed by atoms with E-state index >= 15 is 0 Å². The third-order valence-corrected chi connectivity index (χ3v) is 4.07. The number of aromatic nitrogens is 2. The number of hydrogen-bond acceptors (Lipinski definition) is 5. The Kier molecular flexibility index (Phi) is 5.24. The van der Waals surface area contributed by atoms with E-state index in [2.05, 4.69) is 33.1 Å². The summed E-state index contributed by atoms with van der Waals surface area (Å²) in [6.45, 7) is 4.08. The molecule has 2 aromatic rings. The highest BCUT2D eigenvalue weighted by atomic mass is 32.1. The summed E-state index contributed by atoms with van der Waals surface area (Å²) in [7, 11) is 1.91. The zero-order valence-corrected chi connectivity index (χ0v) is 13.1. The summed E-state index contributed by atoms with van der Waals surface area (Å²) in [6, 6.07) is 7.68. The maximum atomic E-state index is 11.9. The standard InChI is InChI=1S/C14H19N5OS/c1-4-12-18-19-14(21-12)17-13(20)16-11-7-5-10(6-8-11)9(2)15-3/h5-9,15H,4H2,1-3H3,(H2,16,17,19,20). The lowest BCUT2D eigenvalue weighted by Crippen LogP contribution is -2.19. The average Bonchev–Trinajstić information content (AvgIpc) is 2.94. The minimum Gasteiger partial charge on any atom is -0.313 e. The molecule has 21 heavy (non-hydrogen) atoms. The van der Waals surface area contributed by atoms with Crippen molar-refractivity contribution in [3.05, 3.63) is 34.8 Å². The molecule has 0 radical (unpaired) electrons. The van der Waals surface area contributed by atoms with Gasteiger partial charge in [-0.1, -0.05) is 30.4 Å². The molecule has 1 atom stereocenters. The molecule has 0 spiro atoms. The number of anilines is 2. The smallest absolute Gasteiger partial charge is 0.313 e. The third kappa shape index (κ3) is 4.24. The van der Waals surface area contributed by atoms with Crippen LogP contribution < -0.4 is 16.0 Å². The van der Waals surface area contributed by atoms with Crippen LogP contribution in [0.4, 0.5) is 15.6 Å². The van der Waals surface area contributed by atoms with Gasteiger partial charge in [-0.2, -0.15) is 0 Å². The van der Waals surface area contributed by atoms with Gasteiger partial charge >= 0.3 is 6.03 Å². The van der Waals surface area contributed by atoms with Crippen LogP contribution >= 0.6 is 11.3 Å². The van der Waals surface area contributed by atoms with Crippen LogP contribution in [0.1, 0.15) is 30.5 Å². The number of nitrogens with one attached hydrogen (secondary N) is 3. The average molecular weight is 305 g/mol. The van der Waals surface area contributed by atoms with E-state index in [1.54, 1.807) is 0 Å². The monoisotopic (exact) mass is 305 g/mol. The van der Waals surface area contributed by atoms with Gasteiger partial charge in [0.25, 0.3) is 0 Å². The molecule has 0 aliphatic carbocycles. The van der Waals surface area contributed by atoms with Gasteiger partial charge in [-0.25, -0.2) is 4.79 Å². The molecule has 0 fully saturated rings. The van der Waals surface area contributed by atoms with Crippen molar-refractivity contribution < 1.29 is 4.79 Å². The summed E-state index contributed by atoms with van der Waals surface area (Å²) in [5.74, 6) is 0. The quantitative estimate of drug-likeness (QED) is 0.793. The first kappa shape index (κ1) is 15.4. The highest BCUT2D eigenvalue weighted by molar-refractivity contribution is 7.15. The Balaban J connectivity index is 1.93. The number of amides is 2. The summed E-state index contributed by atoms with van der Waals surface area (Å²) in [5, 5.41) is 17.9. The van der Waals surface area contributed by atoms with Crippen LogP contribution in [0.2, 0.25) is 0 Å². The number of aryl methyl sites for hydroxylation is 1. The van der Waals surface area contributed by atoms with Gasteiger partial charge in [-0.05, 0) is 38.1 Å². The lowest BCUT2D eigenvalue weighted by Gasteiger charge is -2.11. The summed E-state index contributed by atoms with van der Waals surface area (Å²) in [4.78, 5) is 11.9. The van der Waals surface area contributed by atoms with Crippen LogP contribution in [-0.2, 0) is 6.42 Å². The van der Waals surface area contributed by atoms with E-state index in [1.807, 2.05) is 38.2 Å². The van der Waals surface area contributed by atoms with Gasteiger partial charge in [0, 0.05) is 11.7 Å². The Morgan fingerprint density at radius 2 is 1.95 bits per heavy atom. The second kappa shape index (κ2) is 7.14. The molecule has 0 bridgehead atoms. The maximum Gasteiger partial charge on any atom is 0.325 e. The molecule has 0 aliphatic rings. The highest BCUT2D eigenvalue weighted by Gasteiger charge is 2.08. The molecule has 1 aromatic heterocycles. The number of rotatable bonds is 5. The minimum absolute atomic E-state index is 0.279. The molecule has 1 heterocycles. The second-order valence-electron chi connectivity index (χ2n) is 4.57. The highest BCUT2D eigenvalue weighted by Crippen LogP contribution is 2.17. The summed E-state index contributed by atoms with van der Waals surface area (Å²) >= 11 is 1.38. The van der Waals surface area contributed by atoms with Gasteiger partial charge in [0.05, 0.1) is 0 Å². The van der Waals surface area contributed by atoms with Crippen molar-refractivity contribution in [1.82, 2.24) is 15.5 Å². The van der Waals surface area contributed by atoms with Crippen molar-refractivity contribution in [3.8, 4) is 0 Å². The molecular formula is C14H19N5OS. The van der Waals surface area contributed by atoms with E-state index in [4.69, 9.17) is 0 Å². The van der Waals surface area contributed by atoms with Crippen molar-refractivity contribution in [3.63, 3.8) is 0 Å². The fourth-order valence-corrected chi connectivity index (χ4v) is 2.40. The van der Waals surface area contributed by atoms with E-state index < -0.39 is 0 Å². The molecule has 1 aromatic carbocycles.